The molecule has 0 N–H and O–H groups in total. The minimum absolute atomic E-state index is 0.240. The number of unbranched alkanes of at least 4 members (excludes halogenated alkanes) is 1. The van der Waals surface area contributed by atoms with Gasteiger partial charge in [0.05, 0.1) is 13.7 Å². The quantitative estimate of drug-likeness (QED) is 0.665. The molecule has 0 aromatic heterocycles. The van der Waals surface area contributed by atoms with E-state index in [2.05, 4.69) is 0 Å². The van der Waals surface area contributed by atoms with Gasteiger partial charge in [0.1, 0.15) is 17.3 Å². The number of carbonyl (C=O) groups is 1. The van der Waals surface area contributed by atoms with E-state index in [9.17, 15) is 4.79 Å². The molecule has 0 fully saturated rings. The first-order valence-electron chi connectivity index (χ1n) is 5.48. The largest absolute Gasteiger partial charge is 0.497 e. The molecule has 0 radical (unpaired) electrons. The lowest BCUT2D eigenvalue weighted by atomic mass is 10.2. The van der Waals surface area contributed by atoms with Crippen molar-refractivity contribution in [3.63, 3.8) is 0 Å². The molecule has 3 heteroatoms. The van der Waals surface area contributed by atoms with E-state index in [0.29, 0.717) is 13.0 Å². The lowest BCUT2D eigenvalue weighted by Crippen LogP contribution is -1.99. The number of hydrogen-bond donors (Lipinski definition) is 0. The number of ketones is 1. The molecule has 1 aromatic carbocycles. The van der Waals surface area contributed by atoms with Gasteiger partial charge in [-0.3, -0.25) is 0 Å². The Hall–Kier alpha value is -1.51. The number of hydrogen-bond acceptors (Lipinski definition) is 3. The van der Waals surface area contributed by atoms with E-state index >= 15 is 0 Å². The Balaban J connectivity index is 2.19. The molecule has 0 saturated carbocycles. The Bertz CT molecular complexity index is 316. The number of ether oxygens (including phenoxy) is 2. The van der Waals surface area contributed by atoms with E-state index in [1.54, 1.807) is 14.0 Å². The lowest BCUT2D eigenvalue weighted by molar-refractivity contribution is -0.117. The van der Waals surface area contributed by atoms with Gasteiger partial charge in [-0.25, -0.2) is 0 Å². The minimum Gasteiger partial charge on any atom is -0.497 e. The predicted octanol–water partition coefficient (Wildman–Crippen LogP) is 2.83. The fourth-order valence-corrected chi connectivity index (χ4v) is 1.34. The van der Waals surface area contributed by atoms with Crippen LogP contribution in [0.15, 0.2) is 24.3 Å². The van der Waals surface area contributed by atoms with Gasteiger partial charge in [0.15, 0.2) is 0 Å². The van der Waals surface area contributed by atoms with E-state index in [4.69, 9.17) is 9.47 Å². The van der Waals surface area contributed by atoms with E-state index in [-0.39, 0.29) is 5.78 Å². The van der Waals surface area contributed by atoms with Crippen LogP contribution in [0.3, 0.4) is 0 Å². The topological polar surface area (TPSA) is 35.5 Å². The Kier molecular flexibility index (Phi) is 5.40. The van der Waals surface area contributed by atoms with Crippen LogP contribution in [0.5, 0.6) is 11.5 Å². The van der Waals surface area contributed by atoms with Crippen LogP contribution in [0.25, 0.3) is 0 Å². The van der Waals surface area contributed by atoms with Crippen molar-refractivity contribution in [2.75, 3.05) is 13.7 Å². The van der Waals surface area contributed by atoms with Crippen molar-refractivity contribution in [1.29, 1.82) is 0 Å². The second-order valence-corrected chi connectivity index (χ2v) is 3.68. The molecule has 0 heterocycles. The molecule has 0 bridgehead atoms. The molecular weight excluding hydrogens is 204 g/mol. The maximum atomic E-state index is 10.7. The van der Waals surface area contributed by atoms with E-state index < -0.39 is 0 Å². The van der Waals surface area contributed by atoms with Gasteiger partial charge < -0.3 is 14.3 Å². The van der Waals surface area contributed by atoms with Crippen LogP contribution in [0.2, 0.25) is 0 Å². The third-order valence-corrected chi connectivity index (χ3v) is 2.25. The molecule has 16 heavy (non-hydrogen) atoms. The maximum absolute atomic E-state index is 10.7. The zero-order chi connectivity index (χ0) is 11.8. The van der Waals surface area contributed by atoms with E-state index in [0.717, 1.165) is 24.3 Å². The highest BCUT2D eigenvalue weighted by Crippen LogP contribution is 2.17. The fraction of sp³-hybridized carbons (Fsp3) is 0.462. The standard InChI is InChI=1S/C13H18O3/c1-11(14)5-3-4-10-16-13-8-6-12(15-2)7-9-13/h6-9H,3-5,10H2,1-2H3. The second kappa shape index (κ2) is 6.88. The molecular formula is C13H18O3. The minimum atomic E-state index is 0.240. The van der Waals surface area contributed by atoms with Crippen molar-refractivity contribution < 1.29 is 14.3 Å². The zero-order valence-corrected chi connectivity index (χ0v) is 9.86. The van der Waals surface area contributed by atoms with Crippen LogP contribution < -0.4 is 9.47 Å². The molecule has 0 aliphatic rings. The monoisotopic (exact) mass is 222 g/mol. The van der Waals surface area contributed by atoms with E-state index in [1.807, 2.05) is 24.3 Å². The molecule has 0 aliphatic heterocycles. The maximum Gasteiger partial charge on any atom is 0.129 e. The van der Waals surface area contributed by atoms with Crippen LogP contribution in [0.4, 0.5) is 0 Å². The number of carbonyl (C=O) groups excluding carboxylic acids is 1. The van der Waals surface area contributed by atoms with Gasteiger partial charge in [-0.05, 0) is 44.0 Å². The fourth-order valence-electron chi connectivity index (χ4n) is 1.34. The van der Waals surface area contributed by atoms with Crippen molar-refractivity contribution in [2.45, 2.75) is 26.2 Å². The van der Waals surface area contributed by atoms with Crippen molar-refractivity contribution in [3.05, 3.63) is 24.3 Å². The van der Waals surface area contributed by atoms with Gasteiger partial charge in [-0.1, -0.05) is 0 Å². The molecule has 0 atom stereocenters. The Morgan fingerprint density at radius 3 is 2.31 bits per heavy atom. The zero-order valence-electron chi connectivity index (χ0n) is 9.86. The van der Waals surface area contributed by atoms with Gasteiger partial charge >= 0.3 is 0 Å². The lowest BCUT2D eigenvalue weighted by Gasteiger charge is -2.06. The summed E-state index contributed by atoms with van der Waals surface area (Å²) in [7, 11) is 1.64. The summed E-state index contributed by atoms with van der Waals surface area (Å²) >= 11 is 0. The van der Waals surface area contributed by atoms with Gasteiger partial charge in [0, 0.05) is 6.42 Å². The Morgan fingerprint density at radius 1 is 1.12 bits per heavy atom. The first-order chi connectivity index (χ1) is 7.72. The summed E-state index contributed by atoms with van der Waals surface area (Å²) in [5.74, 6) is 1.90. The number of benzene rings is 1. The first-order valence-corrected chi connectivity index (χ1v) is 5.48. The van der Waals surface area contributed by atoms with Crippen LogP contribution in [-0.2, 0) is 4.79 Å². The molecule has 0 saturated heterocycles. The summed E-state index contributed by atoms with van der Waals surface area (Å²) in [5, 5.41) is 0. The van der Waals surface area contributed by atoms with Gasteiger partial charge in [-0.15, -0.1) is 0 Å². The summed E-state index contributed by atoms with van der Waals surface area (Å²) in [5.41, 5.74) is 0. The highest BCUT2D eigenvalue weighted by molar-refractivity contribution is 5.75. The molecule has 88 valence electrons. The predicted molar refractivity (Wildman–Crippen MR) is 63.0 cm³/mol. The third-order valence-electron chi connectivity index (χ3n) is 2.25. The van der Waals surface area contributed by atoms with Gasteiger partial charge in [0.2, 0.25) is 0 Å². The average Bonchev–Trinajstić information content (AvgIpc) is 2.29. The molecule has 1 aromatic rings. The van der Waals surface area contributed by atoms with Gasteiger partial charge in [-0.2, -0.15) is 0 Å². The summed E-state index contributed by atoms with van der Waals surface area (Å²) in [6.07, 6.45) is 2.45. The summed E-state index contributed by atoms with van der Waals surface area (Å²) in [6, 6.07) is 7.49. The summed E-state index contributed by atoms with van der Waals surface area (Å²) in [6.45, 7) is 2.27. The number of Topliss-reactive ketones (excluding diaryl/α,β-unsaturated/α-hetero) is 1. The molecule has 0 aliphatic carbocycles. The highest BCUT2D eigenvalue weighted by atomic mass is 16.5. The summed E-state index contributed by atoms with van der Waals surface area (Å²) < 4.78 is 10.6. The molecule has 0 amide bonds. The van der Waals surface area contributed by atoms with Crippen molar-refractivity contribution in [3.8, 4) is 11.5 Å². The van der Waals surface area contributed by atoms with Crippen molar-refractivity contribution in [2.24, 2.45) is 0 Å². The average molecular weight is 222 g/mol. The Morgan fingerprint density at radius 2 is 1.75 bits per heavy atom. The summed E-state index contributed by atoms with van der Waals surface area (Å²) in [4.78, 5) is 10.7. The normalized spacial score (nSPS) is 9.88. The Labute approximate surface area is 96.4 Å². The molecule has 0 unspecified atom stereocenters. The van der Waals surface area contributed by atoms with E-state index in [1.165, 1.54) is 0 Å². The van der Waals surface area contributed by atoms with Crippen molar-refractivity contribution in [1.82, 2.24) is 0 Å². The van der Waals surface area contributed by atoms with Gasteiger partial charge in [0.25, 0.3) is 0 Å². The smallest absolute Gasteiger partial charge is 0.129 e. The second-order valence-electron chi connectivity index (χ2n) is 3.68. The van der Waals surface area contributed by atoms with Crippen LogP contribution in [0, 0.1) is 0 Å². The SMILES string of the molecule is COc1ccc(OCCCCC(C)=O)cc1. The highest BCUT2D eigenvalue weighted by Gasteiger charge is 1.96. The molecule has 0 spiro atoms. The first kappa shape index (κ1) is 12.6. The molecule has 3 nitrogen and oxygen atoms in total. The number of rotatable bonds is 7. The van der Waals surface area contributed by atoms with Crippen LogP contribution >= 0.6 is 0 Å². The van der Waals surface area contributed by atoms with Crippen molar-refractivity contribution >= 4 is 5.78 Å². The number of methoxy groups -OCH3 is 1. The third kappa shape index (κ3) is 4.82. The van der Waals surface area contributed by atoms with Crippen LogP contribution in [-0.4, -0.2) is 19.5 Å². The molecule has 1 rings (SSSR count). The van der Waals surface area contributed by atoms with Crippen LogP contribution in [0.1, 0.15) is 26.2 Å².